The van der Waals surface area contributed by atoms with Crippen LogP contribution in [0.5, 0.6) is 0 Å². The minimum atomic E-state index is -0.383. The van der Waals surface area contributed by atoms with Gasteiger partial charge in [0.05, 0.1) is 17.6 Å². The van der Waals surface area contributed by atoms with Gasteiger partial charge >= 0.3 is 5.97 Å². The summed E-state index contributed by atoms with van der Waals surface area (Å²) in [5.41, 5.74) is 0.442. The van der Waals surface area contributed by atoms with Gasteiger partial charge in [-0.1, -0.05) is 25.4 Å². The molecular formula is C12H13ClN2O2S. The second-order valence-electron chi connectivity index (χ2n) is 4.08. The lowest BCUT2D eigenvalue weighted by molar-refractivity contribution is 0.0529. The van der Waals surface area contributed by atoms with Crippen LogP contribution < -0.4 is 0 Å². The van der Waals surface area contributed by atoms with Crippen LogP contribution in [0.25, 0.3) is 10.2 Å². The van der Waals surface area contributed by atoms with E-state index in [1.165, 1.54) is 11.3 Å². The molecule has 4 nitrogen and oxygen atoms in total. The second kappa shape index (κ2) is 5.20. The molecule has 0 atom stereocenters. The third-order valence-electron chi connectivity index (χ3n) is 2.42. The van der Waals surface area contributed by atoms with Gasteiger partial charge in [-0.2, -0.15) is 0 Å². The van der Waals surface area contributed by atoms with E-state index < -0.39 is 0 Å². The van der Waals surface area contributed by atoms with Crippen LogP contribution in [0.1, 0.15) is 42.9 Å². The summed E-state index contributed by atoms with van der Waals surface area (Å²) < 4.78 is 4.98. The molecule has 0 amide bonds. The van der Waals surface area contributed by atoms with Crippen molar-refractivity contribution >= 4 is 39.1 Å². The smallest absolute Gasteiger partial charge is 0.339 e. The molecular weight excluding hydrogens is 272 g/mol. The minimum absolute atomic E-state index is 0.194. The zero-order valence-electron chi connectivity index (χ0n) is 10.4. The van der Waals surface area contributed by atoms with Gasteiger partial charge < -0.3 is 4.74 Å². The van der Waals surface area contributed by atoms with Gasteiger partial charge in [-0.3, -0.25) is 0 Å². The average Bonchev–Trinajstić information content (AvgIpc) is 2.73. The number of esters is 1. The van der Waals surface area contributed by atoms with Gasteiger partial charge in [-0.15, -0.1) is 11.3 Å². The van der Waals surface area contributed by atoms with Gasteiger partial charge in [0, 0.05) is 11.3 Å². The first-order valence-corrected chi connectivity index (χ1v) is 6.92. The standard InChI is InChI=1S/C12H13ClN2O2S/c1-4-17-12(16)7-5-18-11-8(7)9(13)14-10(15-11)6(2)3/h5-6H,4H2,1-3H3. The molecule has 18 heavy (non-hydrogen) atoms. The number of hydrogen-bond acceptors (Lipinski definition) is 5. The van der Waals surface area contributed by atoms with Crippen LogP contribution in [0.15, 0.2) is 5.38 Å². The van der Waals surface area contributed by atoms with Crippen molar-refractivity contribution in [2.45, 2.75) is 26.7 Å². The monoisotopic (exact) mass is 284 g/mol. The average molecular weight is 285 g/mol. The molecule has 2 aromatic rings. The van der Waals surface area contributed by atoms with Gasteiger partial charge in [-0.25, -0.2) is 14.8 Å². The highest BCUT2D eigenvalue weighted by molar-refractivity contribution is 7.17. The summed E-state index contributed by atoms with van der Waals surface area (Å²) in [7, 11) is 0. The Hall–Kier alpha value is -1.20. The molecule has 0 radical (unpaired) electrons. The first-order chi connectivity index (χ1) is 8.54. The Morgan fingerprint density at radius 2 is 2.22 bits per heavy atom. The summed E-state index contributed by atoms with van der Waals surface area (Å²) in [5, 5.41) is 2.62. The molecule has 6 heteroatoms. The van der Waals surface area contributed by atoms with Crippen molar-refractivity contribution in [3.8, 4) is 0 Å². The molecule has 0 aliphatic rings. The van der Waals surface area contributed by atoms with Crippen LogP contribution in [0.3, 0.4) is 0 Å². The van der Waals surface area contributed by atoms with Crippen LogP contribution in [0.4, 0.5) is 0 Å². The Balaban J connectivity index is 2.57. The molecule has 0 fully saturated rings. The number of aromatic nitrogens is 2. The predicted octanol–water partition coefficient (Wildman–Crippen LogP) is 3.64. The molecule has 0 aliphatic carbocycles. The molecule has 0 saturated carbocycles. The van der Waals surface area contributed by atoms with Crippen LogP contribution in [-0.4, -0.2) is 22.5 Å². The maximum absolute atomic E-state index is 11.8. The van der Waals surface area contributed by atoms with E-state index in [0.717, 1.165) is 4.83 Å². The van der Waals surface area contributed by atoms with E-state index in [2.05, 4.69) is 9.97 Å². The number of carbonyl (C=O) groups excluding carboxylic acids is 1. The predicted molar refractivity (Wildman–Crippen MR) is 72.5 cm³/mol. The first-order valence-electron chi connectivity index (χ1n) is 5.66. The number of carbonyl (C=O) groups is 1. The zero-order valence-corrected chi connectivity index (χ0v) is 11.9. The Kier molecular flexibility index (Phi) is 3.82. The maximum atomic E-state index is 11.8. The van der Waals surface area contributed by atoms with Crippen LogP contribution in [0.2, 0.25) is 5.15 Å². The lowest BCUT2D eigenvalue weighted by Crippen LogP contribution is -2.05. The van der Waals surface area contributed by atoms with E-state index in [9.17, 15) is 4.79 Å². The van der Waals surface area contributed by atoms with Gasteiger partial charge in [-0.05, 0) is 6.92 Å². The van der Waals surface area contributed by atoms with Gasteiger partial charge in [0.15, 0.2) is 0 Å². The third-order valence-corrected chi connectivity index (χ3v) is 3.56. The van der Waals surface area contributed by atoms with Crippen LogP contribution >= 0.6 is 22.9 Å². The summed E-state index contributed by atoms with van der Waals surface area (Å²) in [6.07, 6.45) is 0. The molecule has 2 heterocycles. The highest BCUT2D eigenvalue weighted by atomic mass is 35.5. The Bertz CT molecular complexity index is 595. The Morgan fingerprint density at radius 3 is 2.83 bits per heavy atom. The third kappa shape index (κ3) is 2.33. The molecule has 0 saturated heterocycles. The number of hydrogen-bond donors (Lipinski definition) is 0. The number of rotatable bonds is 3. The van der Waals surface area contributed by atoms with Crippen molar-refractivity contribution < 1.29 is 9.53 Å². The summed E-state index contributed by atoms with van der Waals surface area (Å²) in [5.74, 6) is 0.497. The first kappa shape index (κ1) is 13.2. The SMILES string of the molecule is CCOC(=O)c1csc2nc(C(C)C)nc(Cl)c12. The van der Waals surface area contributed by atoms with Crippen molar-refractivity contribution in [3.63, 3.8) is 0 Å². The molecule has 0 N–H and O–H groups in total. The molecule has 0 unspecified atom stereocenters. The van der Waals surface area contributed by atoms with Crippen LogP contribution in [0, 0.1) is 0 Å². The highest BCUT2D eigenvalue weighted by Gasteiger charge is 2.19. The summed E-state index contributed by atoms with van der Waals surface area (Å²) >= 11 is 7.52. The van der Waals surface area contributed by atoms with Gasteiger partial charge in [0.1, 0.15) is 15.8 Å². The van der Waals surface area contributed by atoms with Gasteiger partial charge in [0.25, 0.3) is 0 Å². The molecule has 96 valence electrons. The largest absolute Gasteiger partial charge is 0.462 e. The number of fused-ring (bicyclic) bond motifs is 1. The van der Waals surface area contributed by atoms with E-state index in [0.29, 0.717) is 28.5 Å². The van der Waals surface area contributed by atoms with Crippen molar-refractivity contribution in [1.29, 1.82) is 0 Å². The molecule has 0 spiro atoms. The fourth-order valence-electron chi connectivity index (χ4n) is 1.53. The van der Waals surface area contributed by atoms with E-state index in [1.54, 1.807) is 12.3 Å². The molecule has 2 rings (SSSR count). The lowest BCUT2D eigenvalue weighted by atomic mass is 10.2. The molecule has 0 aromatic carbocycles. The fourth-order valence-corrected chi connectivity index (χ4v) is 2.78. The van der Waals surface area contributed by atoms with Crippen molar-refractivity contribution in [2.24, 2.45) is 0 Å². The minimum Gasteiger partial charge on any atom is -0.462 e. The zero-order chi connectivity index (χ0) is 13.3. The number of halogens is 1. The van der Waals surface area contributed by atoms with Crippen molar-refractivity contribution in [1.82, 2.24) is 9.97 Å². The number of nitrogens with zero attached hydrogens (tertiary/aromatic N) is 2. The summed E-state index contributed by atoms with van der Waals surface area (Å²) in [4.78, 5) is 21.1. The van der Waals surface area contributed by atoms with E-state index in [4.69, 9.17) is 16.3 Å². The van der Waals surface area contributed by atoms with Crippen LogP contribution in [-0.2, 0) is 4.74 Å². The number of thiophene rings is 1. The number of ether oxygens (including phenoxy) is 1. The Labute approximate surface area is 114 Å². The topological polar surface area (TPSA) is 52.1 Å². The Morgan fingerprint density at radius 1 is 1.50 bits per heavy atom. The van der Waals surface area contributed by atoms with Gasteiger partial charge in [0.2, 0.25) is 0 Å². The fraction of sp³-hybridized carbons (Fsp3) is 0.417. The normalized spacial score (nSPS) is 11.2. The molecule has 0 bridgehead atoms. The molecule has 2 aromatic heterocycles. The molecule has 0 aliphatic heterocycles. The van der Waals surface area contributed by atoms with Crippen molar-refractivity contribution in [3.05, 3.63) is 21.9 Å². The second-order valence-corrected chi connectivity index (χ2v) is 5.29. The quantitative estimate of drug-likeness (QED) is 0.638. The summed E-state index contributed by atoms with van der Waals surface area (Å²) in [6, 6.07) is 0. The summed E-state index contributed by atoms with van der Waals surface area (Å²) in [6.45, 7) is 6.09. The van der Waals surface area contributed by atoms with E-state index in [1.807, 2.05) is 13.8 Å². The maximum Gasteiger partial charge on any atom is 0.339 e. The van der Waals surface area contributed by atoms with E-state index >= 15 is 0 Å². The van der Waals surface area contributed by atoms with E-state index in [-0.39, 0.29) is 11.9 Å². The lowest BCUT2D eigenvalue weighted by Gasteiger charge is -2.05. The highest BCUT2D eigenvalue weighted by Crippen LogP contribution is 2.31. The van der Waals surface area contributed by atoms with Crippen molar-refractivity contribution in [2.75, 3.05) is 6.61 Å².